The maximum absolute atomic E-state index is 11.2. The van der Waals surface area contributed by atoms with Gasteiger partial charge >= 0.3 is 0 Å². The van der Waals surface area contributed by atoms with Crippen molar-refractivity contribution in [3.8, 4) is 0 Å². The summed E-state index contributed by atoms with van der Waals surface area (Å²) in [6, 6.07) is 0. The van der Waals surface area contributed by atoms with Gasteiger partial charge in [0.25, 0.3) is 0 Å². The monoisotopic (exact) mass is 257 g/mol. The number of aryl methyl sites for hydroxylation is 1. The molecule has 2 heterocycles. The lowest BCUT2D eigenvalue weighted by molar-refractivity contribution is 0.576. The molecular formula is C11H19N3O2S. The Labute approximate surface area is 102 Å². The van der Waals surface area contributed by atoms with Crippen molar-refractivity contribution in [2.45, 2.75) is 32.9 Å². The Balaban J connectivity index is 2.27. The number of fused-ring (bicyclic) bond motifs is 1. The van der Waals surface area contributed by atoms with Crippen LogP contribution in [-0.2, 0) is 35.8 Å². The average molecular weight is 257 g/mol. The molecule has 1 N–H and O–H groups in total. The fourth-order valence-electron chi connectivity index (χ4n) is 2.22. The summed E-state index contributed by atoms with van der Waals surface area (Å²) in [6.45, 7) is 4.33. The molecule has 0 radical (unpaired) electrons. The van der Waals surface area contributed by atoms with Gasteiger partial charge in [-0.25, -0.2) is 13.4 Å². The lowest BCUT2D eigenvalue weighted by Gasteiger charge is -2.15. The van der Waals surface area contributed by atoms with Crippen LogP contribution in [0.15, 0.2) is 0 Å². The summed E-state index contributed by atoms with van der Waals surface area (Å²) in [7, 11) is -2.92. The van der Waals surface area contributed by atoms with Crippen molar-refractivity contribution < 1.29 is 8.42 Å². The predicted octanol–water partition coefficient (Wildman–Crippen LogP) is 0.136. The van der Waals surface area contributed by atoms with E-state index in [-0.39, 0.29) is 5.75 Å². The SMILES string of the molecule is CCc1nc2c(n1CCS(C)(=O)=O)CCNC2. The van der Waals surface area contributed by atoms with Gasteiger partial charge in [0.2, 0.25) is 0 Å². The van der Waals surface area contributed by atoms with Gasteiger partial charge in [0.15, 0.2) is 0 Å². The van der Waals surface area contributed by atoms with Crippen LogP contribution in [0.1, 0.15) is 24.1 Å². The zero-order valence-corrected chi connectivity index (χ0v) is 11.2. The van der Waals surface area contributed by atoms with Crippen LogP contribution in [0.4, 0.5) is 0 Å². The van der Waals surface area contributed by atoms with E-state index in [1.165, 1.54) is 11.9 Å². The first-order valence-electron chi connectivity index (χ1n) is 5.97. The number of aromatic nitrogens is 2. The number of sulfone groups is 1. The molecule has 0 aliphatic carbocycles. The van der Waals surface area contributed by atoms with Gasteiger partial charge in [-0.2, -0.15) is 0 Å². The van der Waals surface area contributed by atoms with Gasteiger partial charge in [-0.15, -0.1) is 0 Å². The van der Waals surface area contributed by atoms with E-state index >= 15 is 0 Å². The van der Waals surface area contributed by atoms with Crippen LogP contribution in [-0.4, -0.2) is 36.5 Å². The van der Waals surface area contributed by atoms with Crippen molar-refractivity contribution in [1.82, 2.24) is 14.9 Å². The molecule has 1 aliphatic heterocycles. The molecule has 0 saturated carbocycles. The van der Waals surface area contributed by atoms with E-state index in [2.05, 4.69) is 21.8 Å². The Bertz CT molecular complexity index is 505. The predicted molar refractivity (Wildman–Crippen MR) is 66.7 cm³/mol. The van der Waals surface area contributed by atoms with Gasteiger partial charge in [0, 0.05) is 44.4 Å². The third kappa shape index (κ3) is 2.87. The minimum Gasteiger partial charge on any atom is -0.331 e. The number of hydrogen-bond acceptors (Lipinski definition) is 4. The smallest absolute Gasteiger partial charge is 0.149 e. The highest BCUT2D eigenvalue weighted by Gasteiger charge is 2.19. The lowest BCUT2D eigenvalue weighted by Crippen LogP contribution is -2.25. The fourth-order valence-corrected chi connectivity index (χ4v) is 2.73. The molecule has 1 aromatic heterocycles. The summed E-state index contributed by atoms with van der Waals surface area (Å²) in [5.41, 5.74) is 2.30. The molecule has 0 unspecified atom stereocenters. The summed E-state index contributed by atoms with van der Waals surface area (Å²) in [6.07, 6.45) is 3.06. The van der Waals surface area contributed by atoms with Gasteiger partial charge in [0.05, 0.1) is 11.4 Å². The second kappa shape index (κ2) is 4.78. The van der Waals surface area contributed by atoms with Crippen LogP contribution in [0.25, 0.3) is 0 Å². The van der Waals surface area contributed by atoms with E-state index in [1.54, 1.807) is 0 Å². The quantitative estimate of drug-likeness (QED) is 0.833. The topological polar surface area (TPSA) is 64.0 Å². The minimum atomic E-state index is -2.92. The first kappa shape index (κ1) is 12.6. The van der Waals surface area contributed by atoms with Crippen LogP contribution < -0.4 is 5.32 Å². The molecule has 0 saturated heterocycles. The van der Waals surface area contributed by atoms with E-state index in [0.29, 0.717) is 6.54 Å². The highest BCUT2D eigenvalue weighted by atomic mass is 32.2. The first-order chi connectivity index (χ1) is 8.01. The molecule has 1 aromatic rings. The molecule has 0 bridgehead atoms. The molecule has 17 heavy (non-hydrogen) atoms. The number of imidazole rings is 1. The Morgan fingerprint density at radius 2 is 2.24 bits per heavy atom. The molecular weight excluding hydrogens is 238 g/mol. The van der Waals surface area contributed by atoms with E-state index in [0.717, 1.165) is 37.4 Å². The van der Waals surface area contributed by atoms with Crippen molar-refractivity contribution in [1.29, 1.82) is 0 Å². The van der Waals surface area contributed by atoms with Crippen LogP contribution in [0.5, 0.6) is 0 Å². The summed E-state index contributed by atoms with van der Waals surface area (Å²) < 4.78 is 24.6. The van der Waals surface area contributed by atoms with Gasteiger partial charge in [-0.05, 0) is 0 Å². The lowest BCUT2D eigenvalue weighted by atomic mass is 10.2. The maximum Gasteiger partial charge on any atom is 0.149 e. The molecule has 0 fully saturated rings. The van der Waals surface area contributed by atoms with Crippen LogP contribution in [0.2, 0.25) is 0 Å². The fraction of sp³-hybridized carbons (Fsp3) is 0.727. The van der Waals surface area contributed by atoms with Crippen LogP contribution in [0, 0.1) is 0 Å². The molecule has 5 nitrogen and oxygen atoms in total. The van der Waals surface area contributed by atoms with Gasteiger partial charge in [-0.1, -0.05) is 6.92 Å². The molecule has 0 aromatic carbocycles. The van der Waals surface area contributed by atoms with Gasteiger partial charge < -0.3 is 9.88 Å². The van der Waals surface area contributed by atoms with Gasteiger partial charge in [0.1, 0.15) is 15.7 Å². The van der Waals surface area contributed by atoms with E-state index < -0.39 is 9.84 Å². The van der Waals surface area contributed by atoms with Crippen molar-refractivity contribution in [2.24, 2.45) is 0 Å². The van der Waals surface area contributed by atoms with Crippen molar-refractivity contribution in [3.05, 3.63) is 17.2 Å². The van der Waals surface area contributed by atoms with Crippen molar-refractivity contribution >= 4 is 9.84 Å². The van der Waals surface area contributed by atoms with Crippen LogP contribution >= 0.6 is 0 Å². The zero-order valence-electron chi connectivity index (χ0n) is 10.4. The van der Waals surface area contributed by atoms with E-state index in [9.17, 15) is 8.42 Å². The Morgan fingerprint density at radius 3 is 2.88 bits per heavy atom. The first-order valence-corrected chi connectivity index (χ1v) is 8.03. The van der Waals surface area contributed by atoms with Crippen LogP contribution in [0.3, 0.4) is 0 Å². The Morgan fingerprint density at radius 1 is 1.47 bits per heavy atom. The maximum atomic E-state index is 11.2. The standard InChI is InChI=1S/C11H19N3O2S/c1-3-11-13-9-8-12-5-4-10(9)14(11)6-7-17(2,15)16/h12H,3-8H2,1-2H3. The van der Waals surface area contributed by atoms with Gasteiger partial charge in [-0.3, -0.25) is 0 Å². The number of nitrogens with zero attached hydrogens (tertiary/aromatic N) is 2. The Kier molecular flexibility index (Phi) is 3.53. The highest BCUT2D eigenvalue weighted by molar-refractivity contribution is 7.90. The number of nitrogens with one attached hydrogen (secondary N) is 1. The zero-order chi connectivity index (χ0) is 12.5. The average Bonchev–Trinajstić information content (AvgIpc) is 2.63. The third-order valence-electron chi connectivity index (χ3n) is 3.07. The molecule has 2 rings (SSSR count). The largest absolute Gasteiger partial charge is 0.331 e. The van der Waals surface area contributed by atoms with Crippen molar-refractivity contribution in [2.75, 3.05) is 18.6 Å². The summed E-state index contributed by atoms with van der Waals surface area (Å²) in [5, 5.41) is 3.28. The normalized spacial score (nSPS) is 15.9. The van der Waals surface area contributed by atoms with E-state index in [1.807, 2.05) is 0 Å². The summed E-state index contributed by atoms with van der Waals surface area (Å²) >= 11 is 0. The second-order valence-corrected chi connectivity index (χ2v) is 6.74. The van der Waals surface area contributed by atoms with E-state index in [4.69, 9.17) is 0 Å². The molecule has 1 aliphatic rings. The second-order valence-electron chi connectivity index (χ2n) is 4.48. The molecule has 6 heteroatoms. The highest BCUT2D eigenvalue weighted by Crippen LogP contribution is 2.16. The molecule has 0 atom stereocenters. The molecule has 0 amide bonds. The number of hydrogen-bond donors (Lipinski definition) is 1. The molecule has 0 spiro atoms. The summed E-state index contributed by atoms with van der Waals surface area (Å²) in [4.78, 5) is 4.58. The molecule has 96 valence electrons. The number of rotatable bonds is 4. The third-order valence-corrected chi connectivity index (χ3v) is 3.99. The summed E-state index contributed by atoms with van der Waals surface area (Å²) in [5.74, 6) is 1.19. The van der Waals surface area contributed by atoms with Crippen molar-refractivity contribution in [3.63, 3.8) is 0 Å². The minimum absolute atomic E-state index is 0.191. The Hall–Kier alpha value is -0.880.